The lowest BCUT2D eigenvalue weighted by molar-refractivity contribution is -0.133. The van der Waals surface area contributed by atoms with Crippen molar-refractivity contribution in [1.29, 1.82) is 0 Å². The molecule has 0 aromatic carbocycles. The second-order valence-electron chi connectivity index (χ2n) is 4.80. The van der Waals surface area contributed by atoms with Gasteiger partial charge in [-0.1, -0.05) is 13.8 Å². The van der Waals surface area contributed by atoms with Gasteiger partial charge in [-0.25, -0.2) is 0 Å². The first kappa shape index (κ1) is 19.5. The molecule has 6 heteroatoms. The van der Waals surface area contributed by atoms with Gasteiger partial charge in [-0.05, 0) is 19.3 Å². The van der Waals surface area contributed by atoms with Gasteiger partial charge in [-0.2, -0.15) is 0 Å². The van der Waals surface area contributed by atoms with E-state index in [1.165, 1.54) is 0 Å². The Morgan fingerprint density at radius 2 is 1.83 bits per heavy atom. The number of hydrogen-bond donors (Lipinski definition) is 2. The van der Waals surface area contributed by atoms with E-state index in [0.717, 1.165) is 6.42 Å². The van der Waals surface area contributed by atoms with E-state index in [1.54, 1.807) is 11.9 Å². The normalized spacial score (nSPS) is 11.7. The van der Waals surface area contributed by atoms with Crippen LogP contribution in [0.25, 0.3) is 0 Å². The smallest absolute Gasteiger partial charge is 0.241 e. The van der Waals surface area contributed by atoms with Crippen LogP contribution in [0.1, 0.15) is 33.6 Å². The van der Waals surface area contributed by atoms with E-state index in [1.807, 2.05) is 6.92 Å². The summed E-state index contributed by atoms with van der Waals surface area (Å²) in [5.41, 5.74) is 5.47. The highest BCUT2D eigenvalue weighted by atomic mass is 35.5. The fourth-order valence-electron chi connectivity index (χ4n) is 1.21. The molecule has 18 heavy (non-hydrogen) atoms. The van der Waals surface area contributed by atoms with Crippen LogP contribution < -0.4 is 11.1 Å². The fraction of sp³-hybridized carbons (Fsp3) is 0.833. The summed E-state index contributed by atoms with van der Waals surface area (Å²) in [7, 11) is 1.69. The van der Waals surface area contributed by atoms with Gasteiger partial charge in [0.2, 0.25) is 11.8 Å². The van der Waals surface area contributed by atoms with Crippen molar-refractivity contribution in [2.45, 2.75) is 39.7 Å². The van der Waals surface area contributed by atoms with E-state index in [2.05, 4.69) is 19.2 Å². The standard InChI is InChI=1S/C12H25N3O2.ClH/c1-9(2)5-6-11(16)14-8-12(17)15(4)10(3)7-13;/h9-10H,5-8,13H2,1-4H3,(H,14,16);1H. The molecule has 0 fully saturated rings. The molecule has 0 aliphatic rings. The lowest BCUT2D eigenvalue weighted by Gasteiger charge is -2.23. The maximum atomic E-state index is 11.6. The Balaban J connectivity index is 0. The van der Waals surface area contributed by atoms with Crippen LogP contribution in [-0.4, -0.2) is 42.9 Å². The first-order chi connectivity index (χ1) is 7.88. The third-order valence-corrected chi connectivity index (χ3v) is 2.78. The van der Waals surface area contributed by atoms with Crippen LogP contribution in [0.15, 0.2) is 0 Å². The van der Waals surface area contributed by atoms with Gasteiger partial charge >= 0.3 is 0 Å². The number of halogens is 1. The molecule has 0 aromatic heterocycles. The van der Waals surface area contributed by atoms with E-state index in [4.69, 9.17) is 5.73 Å². The predicted molar refractivity (Wildman–Crippen MR) is 75.6 cm³/mol. The Hall–Kier alpha value is -0.810. The number of carbonyl (C=O) groups is 2. The number of nitrogens with two attached hydrogens (primary N) is 1. The van der Waals surface area contributed by atoms with Crippen molar-refractivity contribution in [1.82, 2.24) is 10.2 Å². The molecule has 0 aliphatic heterocycles. The second-order valence-corrected chi connectivity index (χ2v) is 4.80. The Morgan fingerprint density at radius 3 is 2.28 bits per heavy atom. The van der Waals surface area contributed by atoms with Crippen LogP contribution in [0.5, 0.6) is 0 Å². The summed E-state index contributed by atoms with van der Waals surface area (Å²) in [5, 5.41) is 2.63. The van der Waals surface area contributed by atoms with Crippen LogP contribution in [0, 0.1) is 5.92 Å². The summed E-state index contributed by atoms with van der Waals surface area (Å²) in [4.78, 5) is 24.6. The number of amides is 2. The van der Waals surface area contributed by atoms with Gasteiger partial charge < -0.3 is 16.0 Å². The van der Waals surface area contributed by atoms with Gasteiger partial charge in [0.05, 0.1) is 6.54 Å². The molecule has 5 nitrogen and oxygen atoms in total. The van der Waals surface area contributed by atoms with Gasteiger partial charge in [-0.15, -0.1) is 12.4 Å². The summed E-state index contributed by atoms with van der Waals surface area (Å²) < 4.78 is 0. The van der Waals surface area contributed by atoms with Crippen LogP contribution in [0.3, 0.4) is 0 Å². The van der Waals surface area contributed by atoms with Gasteiger partial charge in [-0.3, -0.25) is 9.59 Å². The highest BCUT2D eigenvalue weighted by Crippen LogP contribution is 2.02. The maximum absolute atomic E-state index is 11.6. The Kier molecular flexibility index (Phi) is 11.0. The van der Waals surface area contributed by atoms with Gasteiger partial charge in [0.25, 0.3) is 0 Å². The van der Waals surface area contributed by atoms with E-state index in [9.17, 15) is 9.59 Å². The molecule has 0 bridgehead atoms. The van der Waals surface area contributed by atoms with Gasteiger partial charge in [0.1, 0.15) is 0 Å². The van der Waals surface area contributed by atoms with Crippen molar-refractivity contribution in [3.8, 4) is 0 Å². The second kappa shape index (κ2) is 10.1. The molecule has 0 aliphatic carbocycles. The minimum absolute atomic E-state index is 0. The molecule has 0 spiro atoms. The fourth-order valence-corrected chi connectivity index (χ4v) is 1.21. The average molecular weight is 280 g/mol. The summed E-state index contributed by atoms with van der Waals surface area (Å²) in [6.07, 6.45) is 1.32. The quantitative estimate of drug-likeness (QED) is 0.723. The van der Waals surface area contributed by atoms with Crippen molar-refractivity contribution >= 4 is 24.2 Å². The molecule has 3 N–H and O–H groups in total. The Bertz CT molecular complexity index is 260. The van der Waals surface area contributed by atoms with Crippen LogP contribution in [-0.2, 0) is 9.59 Å². The molecule has 2 amide bonds. The minimum Gasteiger partial charge on any atom is -0.347 e. The molecular weight excluding hydrogens is 254 g/mol. The number of rotatable bonds is 7. The van der Waals surface area contributed by atoms with E-state index >= 15 is 0 Å². The number of nitrogens with zero attached hydrogens (tertiary/aromatic N) is 1. The van der Waals surface area contributed by atoms with Crippen LogP contribution >= 0.6 is 12.4 Å². The Morgan fingerprint density at radius 1 is 1.28 bits per heavy atom. The third kappa shape index (κ3) is 8.31. The molecule has 0 radical (unpaired) electrons. The molecular formula is C12H26ClN3O2. The van der Waals surface area contributed by atoms with E-state index < -0.39 is 0 Å². The van der Waals surface area contributed by atoms with Crippen molar-refractivity contribution < 1.29 is 9.59 Å². The topological polar surface area (TPSA) is 75.4 Å². The molecule has 0 saturated heterocycles. The van der Waals surface area contributed by atoms with Gasteiger partial charge in [0, 0.05) is 26.1 Å². The summed E-state index contributed by atoms with van der Waals surface area (Å²) in [5.74, 6) is 0.318. The zero-order chi connectivity index (χ0) is 13.4. The van der Waals surface area contributed by atoms with E-state index in [0.29, 0.717) is 18.9 Å². The average Bonchev–Trinajstić information content (AvgIpc) is 2.31. The predicted octanol–water partition coefficient (Wildman–Crippen LogP) is 0.766. The maximum Gasteiger partial charge on any atom is 0.241 e. The van der Waals surface area contributed by atoms with Gasteiger partial charge in [0.15, 0.2) is 0 Å². The molecule has 0 saturated carbocycles. The van der Waals surface area contributed by atoms with Crippen molar-refractivity contribution in [3.05, 3.63) is 0 Å². The van der Waals surface area contributed by atoms with Crippen LogP contribution in [0.2, 0.25) is 0 Å². The highest BCUT2D eigenvalue weighted by molar-refractivity contribution is 5.85. The number of likely N-dealkylation sites (N-methyl/N-ethyl adjacent to an activating group) is 1. The number of hydrogen-bond acceptors (Lipinski definition) is 3. The monoisotopic (exact) mass is 279 g/mol. The summed E-state index contributed by atoms with van der Waals surface area (Å²) in [6, 6.07) is -0.00457. The number of carbonyl (C=O) groups excluding carboxylic acids is 2. The van der Waals surface area contributed by atoms with Crippen LogP contribution in [0.4, 0.5) is 0 Å². The highest BCUT2D eigenvalue weighted by Gasteiger charge is 2.14. The molecule has 0 aromatic rings. The van der Waals surface area contributed by atoms with Crippen molar-refractivity contribution in [2.24, 2.45) is 11.7 Å². The first-order valence-corrected chi connectivity index (χ1v) is 6.10. The largest absolute Gasteiger partial charge is 0.347 e. The Labute approximate surface area is 116 Å². The zero-order valence-corrected chi connectivity index (χ0v) is 12.5. The molecule has 108 valence electrons. The lowest BCUT2D eigenvalue weighted by Crippen LogP contribution is -2.44. The molecule has 1 unspecified atom stereocenters. The number of nitrogens with one attached hydrogen (secondary N) is 1. The first-order valence-electron chi connectivity index (χ1n) is 6.10. The summed E-state index contributed by atoms with van der Waals surface area (Å²) in [6.45, 7) is 6.48. The third-order valence-electron chi connectivity index (χ3n) is 2.78. The van der Waals surface area contributed by atoms with Crippen molar-refractivity contribution in [3.63, 3.8) is 0 Å². The molecule has 0 heterocycles. The lowest BCUT2D eigenvalue weighted by atomic mass is 10.1. The zero-order valence-electron chi connectivity index (χ0n) is 11.7. The molecule has 1 atom stereocenters. The van der Waals surface area contributed by atoms with Crippen molar-refractivity contribution in [2.75, 3.05) is 20.1 Å². The molecule has 0 rings (SSSR count). The summed E-state index contributed by atoms with van der Waals surface area (Å²) >= 11 is 0. The van der Waals surface area contributed by atoms with E-state index in [-0.39, 0.29) is 36.8 Å². The minimum atomic E-state index is -0.110. The SMILES string of the molecule is CC(C)CCC(=O)NCC(=O)N(C)C(C)CN.Cl.